The number of halogens is 1. The van der Waals surface area contributed by atoms with Gasteiger partial charge in [0.15, 0.2) is 0 Å². The first-order chi connectivity index (χ1) is 7.21. The number of methoxy groups -OCH3 is 1. The van der Waals surface area contributed by atoms with E-state index in [0.29, 0.717) is 17.1 Å². The molecular weight excluding hydrogens is 214 g/mol. The van der Waals surface area contributed by atoms with Crippen LogP contribution in [-0.4, -0.2) is 30.2 Å². The van der Waals surface area contributed by atoms with E-state index < -0.39 is 0 Å². The molecule has 1 aromatic rings. The van der Waals surface area contributed by atoms with Crippen LogP contribution in [0.25, 0.3) is 0 Å². The van der Waals surface area contributed by atoms with Crippen molar-refractivity contribution >= 4 is 11.6 Å². The Bertz CT molecular complexity index is 316. The van der Waals surface area contributed by atoms with Crippen molar-refractivity contribution in [3.63, 3.8) is 0 Å². The summed E-state index contributed by atoms with van der Waals surface area (Å²) in [5.41, 5.74) is 0.824. The molecule has 15 heavy (non-hydrogen) atoms. The van der Waals surface area contributed by atoms with E-state index in [1.165, 1.54) is 0 Å². The lowest BCUT2D eigenvalue weighted by Crippen LogP contribution is -2.27. The van der Waals surface area contributed by atoms with Crippen LogP contribution in [-0.2, 0) is 6.42 Å². The first-order valence-corrected chi connectivity index (χ1v) is 5.31. The van der Waals surface area contributed by atoms with Crippen molar-refractivity contribution in [1.29, 1.82) is 0 Å². The number of hydrogen-bond acceptors (Lipinski definition) is 4. The van der Waals surface area contributed by atoms with Crippen molar-refractivity contribution in [3.8, 4) is 6.01 Å². The number of ether oxygens (including phenoxy) is 1. The van der Waals surface area contributed by atoms with Gasteiger partial charge in [0.2, 0.25) is 0 Å². The molecule has 4 nitrogen and oxygen atoms in total. The Morgan fingerprint density at radius 3 is 2.87 bits per heavy atom. The van der Waals surface area contributed by atoms with Gasteiger partial charge in [-0.15, -0.1) is 0 Å². The van der Waals surface area contributed by atoms with Crippen molar-refractivity contribution in [3.05, 3.63) is 16.9 Å². The van der Waals surface area contributed by atoms with Gasteiger partial charge in [-0.25, -0.2) is 4.98 Å². The summed E-state index contributed by atoms with van der Waals surface area (Å²) < 4.78 is 4.96. The molecule has 0 aliphatic carbocycles. The minimum absolute atomic E-state index is 0.361. The quantitative estimate of drug-likeness (QED) is 0.835. The second-order valence-electron chi connectivity index (χ2n) is 3.25. The van der Waals surface area contributed by atoms with E-state index in [2.05, 4.69) is 22.2 Å². The highest BCUT2D eigenvalue weighted by Crippen LogP contribution is 2.17. The summed E-state index contributed by atoms with van der Waals surface area (Å²) in [5.74, 6) is 0. The molecular formula is C10H16ClN3O. The number of hydrogen-bond donors (Lipinski definition) is 1. The van der Waals surface area contributed by atoms with Gasteiger partial charge in [-0.2, -0.15) is 4.98 Å². The molecule has 0 saturated heterocycles. The highest BCUT2D eigenvalue weighted by molar-refractivity contribution is 6.31. The highest BCUT2D eigenvalue weighted by Gasteiger charge is 2.10. The number of nitrogens with zero attached hydrogens (tertiary/aromatic N) is 2. The van der Waals surface area contributed by atoms with Crippen LogP contribution in [0.5, 0.6) is 6.01 Å². The molecule has 0 aliphatic heterocycles. The van der Waals surface area contributed by atoms with Crippen LogP contribution in [0.3, 0.4) is 0 Å². The minimum Gasteiger partial charge on any atom is -0.467 e. The van der Waals surface area contributed by atoms with E-state index >= 15 is 0 Å². The SMILES string of the molecule is CCC(Cc1nc(OC)ncc1Cl)NC. The average Bonchev–Trinajstić information content (AvgIpc) is 2.28. The van der Waals surface area contributed by atoms with E-state index in [9.17, 15) is 0 Å². The van der Waals surface area contributed by atoms with Crippen LogP contribution in [0.15, 0.2) is 6.20 Å². The van der Waals surface area contributed by atoms with E-state index in [0.717, 1.165) is 18.5 Å². The molecule has 1 unspecified atom stereocenters. The molecule has 5 heteroatoms. The summed E-state index contributed by atoms with van der Waals surface area (Å²) >= 11 is 6.00. The van der Waals surface area contributed by atoms with Gasteiger partial charge < -0.3 is 10.1 Å². The molecule has 1 heterocycles. The van der Waals surface area contributed by atoms with Gasteiger partial charge >= 0.3 is 6.01 Å². The van der Waals surface area contributed by atoms with E-state index in [4.69, 9.17) is 16.3 Å². The Morgan fingerprint density at radius 1 is 1.60 bits per heavy atom. The molecule has 0 fully saturated rings. The van der Waals surface area contributed by atoms with Crippen molar-refractivity contribution in [2.24, 2.45) is 0 Å². The summed E-state index contributed by atoms with van der Waals surface area (Å²) in [4.78, 5) is 8.15. The fourth-order valence-corrected chi connectivity index (χ4v) is 1.48. The van der Waals surface area contributed by atoms with Gasteiger partial charge in [-0.05, 0) is 13.5 Å². The van der Waals surface area contributed by atoms with E-state index in [1.807, 2.05) is 7.05 Å². The Hall–Kier alpha value is -0.870. The fourth-order valence-electron chi connectivity index (χ4n) is 1.31. The Morgan fingerprint density at radius 2 is 2.33 bits per heavy atom. The zero-order chi connectivity index (χ0) is 11.3. The Kier molecular flexibility index (Phi) is 4.78. The van der Waals surface area contributed by atoms with Crippen LogP contribution in [0.1, 0.15) is 19.0 Å². The summed E-state index contributed by atoms with van der Waals surface area (Å²) in [6.45, 7) is 2.12. The van der Waals surface area contributed by atoms with Gasteiger partial charge in [0.1, 0.15) is 0 Å². The van der Waals surface area contributed by atoms with Gasteiger partial charge in [0.25, 0.3) is 0 Å². The maximum atomic E-state index is 6.00. The molecule has 0 aliphatic rings. The second kappa shape index (κ2) is 5.88. The number of rotatable bonds is 5. The van der Waals surface area contributed by atoms with Gasteiger partial charge in [0, 0.05) is 12.5 Å². The lowest BCUT2D eigenvalue weighted by atomic mass is 10.1. The topological polar surface area (TPSA) is 47.0 Å². The average molecular weight is 230 g/mol. The predicted octanol–water partition coefficient (Wildman–Crippen LogP) is 1.68. The third kappa shape index (κ3) is 3.32. The predicted molar refractivity (Wildman–Crippen MR) is 60.4 cm³/mol. The Balaban J connectivity index is 2.82. The first kappa shape index (κ1) is 12.2. The monoisotopic (exact) mass is 229 g/mol. The van der Waals surface area contributed by atoms with Crippen LogP contribution < -0.4 is 10.1 Å². The van der Waals surface area contributed by atoms with Gasteiger partial charge in [0.05, 0.1) is 24.0 Å². The number of likely N-dealkylation sites (N-methyl/N-ethyl adjacent to an activating group) is 1. The molecule has 0 spiro atoms. The van der Waals surface area contributed by atoms with Crippen molar-refractivity contribution < 1.29 is 4.74 Å². The Labute approximate surface area is 95.0 Å². The van der Waals surface area contributed by atoms with Crippen LogP contribution in [0.4, 0.5) is 0 Å². The molecule has 0 bridgehead atoms. The van der Waals surface area contributed by atoms with Crippen LogP contribution in [0, 0.1) is 0 Å². The highest BCUT2D eigenvalue weighted by atomic mass is 35.5. The zero-order valence-electron chi connectivity index (χ0n) is 9.25. The molecule has 84 valence electrons. The number of nitrogens with one attached hydrogen (secondary N) is 1. The third-order valence-corrected chi connectivity index (χ3v) is 2.63. The molecule has 1 N–H and O–H groups in total. The minimum atomic E-state index is 0.361. The third-order valence-electron chi connectivity index (χ3n) is 2.32. The van der Waals surface area contributed by atoms with Crippen molar-refractivity contribution in [1.82, 2.24) is 15.3 Å². The lowest BCUT2D eigenvalue weighted by Gasteiger charge is -2.13. The smallest absolute Gasteiger partial charge is 0.316 e. The molecule has 1 atom stereocenters. The maximum Gasteiger partial charge on any atom is 0.316 e. The van der Waals surface area contributed by atoms with E-state index in [-0.39, 0.29) is 0 Å². The zero-order valence-corrected chi connectivity index (χ0v) is 10.0. The molecule has 1 rings (SSSR count). The number of aromatic nitrogens is 2. The summed E-state index contributed by atoms with van der Waals surface area (Å²) in [5, 5.41) is 3.79. The molecule has 0 radical (unpaired) electrons. The van der Waals surface area contributed by atoms with E-state index in [1.54, 1.807) is 13.3 Å². The molecule has 0 saturated carbocycles. The maximum absolute atomic E-state index is 6.00. The van der Waals surface area contributed by atoms with Crippen molar-refractivity contribution in [2.75, 3.05) is 14.2 Å². The lowest BCUT2D eigenvalue weighted by molar-refractivity contribution is 0.377. The summed E-state index contributed by atoms with van der Waals surface area (Å²) in [6.07, 6.45) is 3.38. The van der Waals surface area contributed by atoms with Crippen LogP contribution in [0.2, 0.25) is 5.02 Å². The molecule has 0 aromatic carbocycles. The fraction of sp³-hybridized carbons (Fsp3) is 0.600. The second-order valence-corrected chi connectivity index (χ2v) is 3.66. The molecule has 0 amide bonds. The van der Waals surface area contributed by atoms with Gasteiger partial charge in [-0.1, -0.05) is 18.5 Å². The van der Waals surface area contributed by atoms with Crippen molar-refractivity contribution in [2.45, 2.75) is 25.8 Å². The first-order valence-electron chi connectivity index (χ1n) is 4.93. The summed E-state index contributed by atoms with van der Waals surface area (Å²) in [7, 11) is 3.48. The standard InChI is InChI=1S/C10H16ClN3O/c1-4-7(12-2)5-9-8(11)6-13-10(14-9)15-3/h6-7,12H,4-5H2,1-3H3. The largest absolute Gasteiger partial charge is 0.467 e. The molecule has 1 aromatic heterocycles. The van der Waals surface area contributed by atoms with Crippen LogP contribution >= 0.6 is 11.6 Å². The van der Waals surface area contributed by atoms with Gasteiger partial charge in [-0.3, -0.25) is 0 Å². The summed E-state index contributed by atoms with van der Waals surface area (Å²) in [6, 6.07) is 0.738. The normalized spacial score (nSPS) is 12.5.